The summed E-state index contributed by atoms with van der Waals surface area (Å²) in [6.07, 6.45) is 0. The lowest BCUT2D eigenvalue weighted by molar-refractivity contribution is 1.68. The molecule has 0 N–H and O–H groups in total. The Labute approximate surface area is 260 Å². The van der Waals surface area contributed by atoms with Crippen LogP contribution in [0.5, 0.6) is 0 Å². The third kappa shape index (κ3) is 4.67. The van der Waals surface area contributed by atoms with Crippen LogP contribution < -0.4 is 40.1 Å². The summed E-state index contributed by atoms with van der Waals surface area (Å²) < 4.78 is 2.93. The Hall–Kier alpha value is -4.55. The highest BCUT2D eigenvalue weighted by Gasteiger charge is 2.46. The van der Waals surface area contributed by atoms with E-state index in [0.717, 1.165) is 0 Å². The standard InChI is InChI=1S/C40H32SSi2/c1-7-19-33(20-8-1)42(34-21-9-2-10-22-34,35-23-11-3-12-24-35)39-31-32-40(41-39)43(36-25-13-4-14-26-36,37-27-15-5-16-28-37)38-29-17-6-18-30-38/h1-32H. The van der Waals surface area contributed by atoms with Crippen molar-refractivity contribution in [3.63, 3.8) is 0 Å². The maximum atomic E-state index is 2.47. The zero-order valence-electron chi connectivity index (χ0n) is 23.9. The Balaban J connectivity index is 1.58. The smallest absolute Gasteiger partial charge is 0.152 e. The van der Waals surface area contributed by atoms with E-state index in [1.54, 1.807) is 0 Å². The summed E-state index contributed by atoms with van der Waals surface area (Å²) in [5.74, 6) is 0. The predicted octanol–water partition coefficient (Wildman–Crippen LogP) is 4.50. The van der Waals surface area contributed by atoms with Crippen LogP contribution in [-0.2, 0) is 0 Å². The van der Waals surface area contributed by atoms with Crippen molar-refractivity contribution in [3.8, 4) is 0 Å². The molecule has 0 aliphatic carbocycles. The molecule has 0 aliphatic rings. The lowest BCUT2D eigenvalue weighted by Crippen LogP contribution is -2.75. The summed E-state index contributed by atoms with van der Waals surface area (Å²) in [6.45, 7) is 0. The topological polar surface area (TPSA) is 0 Å². The van der Waals surface area contributed by atoms with Crippen LogP contribution in [0.1, 0.15) is 0 Å². The molecule has 206 valence electrons. The molecule has 43 heavy (non-hydrogen) atoms. The van der Waals surface area contributed by atoms with Crippen LogP contribution in [0.2, 0.25) is 0 Å². The molecule has 0 unspecified atom stereocenters. The van der Waals surface area contributed by atoms with Crippen molar-refractivity contribution in [1.29, 1.82) is 0 Å². The highest BCUT2D eigenvalue weighted by molar-refractivity contribution is 7.45. The first-order valence-corrected chi connectivity index (χ1v) is 19.6. The fourth-order valence-corrected chi connectivity index (χ4v) is 20.1. The average Bonchev–Trinajstić information content (AvgIpc) is 3.59. The molecule has 0 aliphatic heterocycles. The SMILES string of the molecule is c1ccc([Si](c2ccccc2)(c2ccccc2)c2ccc([Si](c3ccccc3)(c3ccccc3)c3ccccc3)s2)cc1. The Bertz CT molecular complexity index is 1550. The Morgan fingerprint density at radius 1 is 0.233 bits per heavy atom. The minimum Gasteiger partial charge on any atom is -0.152 e. The fraction of sp³-hybridized carbons (Fsp3) is 0. The Kier molecular flexibility index (Phi) is 7.61. The number of hydrogen-bond donors (Lipinski definition) is 0. The van der Waals surface area contributed by atoms with Gasteiger partial charge in [-0.15, -0.1) is 0 Å². The van der Waals surface area contributed by atoms with Gasteiger partial charge in [-0.05, 0) is 31.1 Å². The fourth-order valence-electron chi connectivity index (χ4n) is 6.72. The van der Waals surface area contributed by atoms with E-state index in [4.69, 9.17) is 0 Å². The van der Waals surface area contributed by atoms with Crippen molar-refractivity contribution in [2.45, 2.75) is 0 Å². The maximum Gasteiger partial charge on any atom is 0.191 e. The summed E-state index contributed by atoms with van der Waals surface area (Å²) in [4.78, 5) is 0. The molecule has 1 aromatic heterocycles. The average molecular weight is 601 g/mol. The predicted molar refractivity (Wildman–Crippen MR) is 192 cm³/mol. The van der Waals surface area contributed by atoms with Gasteiger partial charge in [-0.1, -0.05) is 194 Å². The second kappa shape index (κ2) is 12.0. The molecule has 0 amide bonds. The van der Waals surface area contributed by atoms with Gasteiger partial charge in [0, 0.05) is 9.00 Å². The molecule has 0 fully saturated rings. The summed E-state index contributed by atoms with van der Waals surface area (Å²) >= 11 is 2.04. The van der Waals surface area contributed by atoms with Gasteiger partial charge in [-0.2, -0.15) is 11.3 Å². The van der Waals surface area contributed by atoms with Crippen LogP contribution >= 0.6 is 11.3 Å². The van der Waals surface area contributed by atoms with E-state index in [9.17, 15) is 0 Å². The molecule has 7 aromatic rings. The van der Waals surface area contributed by atoms with Crippen LogP contribution in [0.4, 0.5) is 0 Å². The Morgan fingerprint density at radius 3 is 0.605 bits per heavy atom. The molecular weight excluding hydrogens is 569 g/mol. The second-order valence-electron chi connectivity index (χ2n) is 10.9. The van der Waals surface area contributed by atoms with Crippen molar-refractivity contribution in [3.05, 3.63) is 194 Å². The quantitative estimate of drug-likeness (QED) is 0.178. The third-order valence-electron chi connectivity index (χ3n) is 8.59. The molecule has 0 spiro atoms. The van der Waals surface area contributed by atoms with Gasteiger partial charge >= 0.3 is 0 Å². The Morgan fingerprint density at radius 2 is 0.419 bits per heavy atom. The molecular formula is C40H32SSi2. The largest absolute Gasteiger partial charge is 0.191 e. The normalized spacial score (nSPS) is 11.7. The van der Waals surface area contributed by atoms with Gasteiger partial charge in [-0.3, -0.25) is 0 Å². The number of benzene rings is 6. The van der Waals surface area contributed by atoms with Crippen molar-refractivity contribution < 1.29 is 0 Å². The summed E-state index contributed by atoms with van der Waals surface area (Å²) in [7, 11) is -5.24. The zero-order chi connectivity index (χ0) is 29.0. The summed E-state index contributed by atoms with van der Waals surface area (Å²) in [5.41, 5.74) is 0. The van der Waals surface area contributed by atoms with Crippen LogP contribution in [0, 0.1) is 0 Å². The van der Waals surface area contributed by atoms with Gasteiger partial charge in [0.25, 0.3) is 0 Å². The lowest BCUT2D eigenvalue weighted by atomic mass is 10.3. The molecule has 6 aromatic carbocycles. The first-order chi connectivity index (χ1) is 21.3. The van der Waals surface area contributed by atoms with E-state index in [-0.39, 0.29) is 0 Å². The molecule has 3 heteroatoms. The maximum absolute atomic E-state index is 2.62. The van der Waals surface area contributed by atoms with E-state index in [2.05, 4.69) is 194 Å². The van der Waals surface area contributed by atoms with Gasteiger partial charge in [0.2, 0.25) is 0 Å². The van der Waals surface area contributed by atoms with E-state index >= 15 is 0 Å². The summed E-state index contributed by atoms with van der Waals surface area (Å²) in [5, 5.41) is 8.46. The van der Waals surface area contributed by atoms with Crippen molar-refractivity contribution in [2.75, 3.05) is 0 Å². The number of rotatable bonds is 8. The molecule has 0 saturated carbocycles. The lowest BCUT2D eigenvalue weighted by Gasteiger charge is -2.34. The van der Waals surface area contributed by atoms with Gasteiger partial charge in [-0.25, -0.2) is 0 Å². The van der Waals surface area contributed by atoms with Gasteiger partial charge in [0.15, 0.2) is 16.1 Å². The number of hydrogen-bond acceptors (Lipinski definition) is 1. The van der Waals surface area contributed by atoms with Crippen LogP contribution in [0.25, 0.3) is 0 Å². The van der Waals surface area contributed by atoms with Crippen molar-refractivity contribution >= 4 is 67.6 Å². The van der Waals surface area contributed by atoms with Gasteiger partial charge < -0.3 is 0 Å². The van der Waals surface area contributed by atoms with Gasteiger partial charge in [0.05, 0.1) is 0 Å². The second-order valence-corrected chi connectivity index (χ2v) is 20.2. The minimum atomic E-state index is -2.62. The van der Waals surface area contributed by atoms with Gasteiger partial charge in [0.1, 0.15) is 0 Å². The van der Waals surface area contributed by atoms with Crippen LogP contribution in [0.3, 0.4) is 0 Å². The van der Waals surface area contributed by atoms with E-state index in [1.165, 1.54) is 40.1 Å². The third-order valence-corrected chi connectivity index (χ3v) is 20.8. The molecule has 0 saturated heterocycles. The first-order valence-electron chi connectivity index (χ1n) is 14.8. The first kappa shape index (κ1) is 27.3. The number of thiophene rings is 1. The zero-order valence-corrected chi connectivity index (χ0v) is 26.7. The molecule has 7 rings (SSSR count). The molecule has 0 radical (unpaired) electrons. The van der Waals surface area contributed by atoms with Crippen LogP contribution in [-0.4, -0.2) is 16.1 Å². The van der Waals surface area contributed by atoms with E-state index in [1.807, 2.05) is 11.3 Å². The van der Waals surface area contributed by atoms with Crippen molar-refractivity contribution in [1.82, 2.24) is 0 Å². The minimum absolute atomic E-state index is 1.41. The van der Waals surface area contributed by atoms with Crippen molar-refractivity contribution in [2.24, 2.45) is 0 Å². The van der Waals surface area contributed by atoms with E-state index in [0.29, 0.717) is 0 Å². The molecule has 1 heterocycles. The molecule has 0 atom stereocenters. The van der Waals surface area contributed by atoms with E-state index < -0.39 is 16.1 Å². The monoisotopic (exact) mass is 600 g/mol. The molecule has 0 bridgehead atoms. The molecule has 0 nitrogen and oxygen atoms in total. The van der Waals surface area contributed by atoms with Crippen LogP contribution in [0.15, 0.2) is 194 Å². The highest BCUT2D eigenvalue weighted by atomic mass is 32.1. The highest BCUT2D eigenvalue weighted by Crippen LogP contribution is 2.16. The summed E-state index contributed by atoms with van der Waals surface area (Å²) in [6, 6.07) is 72.4.